The molecule has 0 radical (unpaired) electrons. The van der Waals surface area contributed by atoms with Crippen molar-refractivity contribution in [3.63, 3.8) is 0 Å². The van der Waals surface area contributed by atoms with Gasteiger partial charge in [0.25, 0.3) is 0 Å². The fraction of sp³-hybridized carbons (Fsp3) is 0.421. The van der Waals surface area contributed by atoms with Gasteiger partial charge in [-0.25, -0.2) is 0 Å². The third-order valence-electron chi connectivity index (χ3n) is 5.00. The number of aromatic nitrogens is 4. The molecule has 0 aliphatic carbocycles. The fourth-order valence-corrected chi connectivity index (χ4v) is 3.34. The van der Waals surface area contributed by atoms with Crippen molar-refractivity contribution >= 4 is 28.5 Å². The summed E-state index contributed by atoms with van der Waals surface area (Å²) < 4.78 is 1.81. The molecule has 0 unspecified atom stereocenters. The summed E-state index contributed by atoms with van der Waals surface area (Å²) in [5.74, 6) is 1.57. The van der Waals surface area contributed by atoms with Gasteiger partial charge in [0.15, 0.2) is 5.65 Å². The van der Waals surface area contributed by atoms with Crippen molar-refractivity contribution in [3.05, 3.63) is 35.5 Å². The van der Waals surface area contributed by atoms with Gasteiger partial charge in [-0.15, -0.1) is 0 Å². The molecule has 7 heteroatoms. The van der Waals surface area contributed by atoms with Crippen LogP contribution in [0.4, 0.5) is 17.5 Å². The van der Waals surface area contributed by atoms with Crippen LogP contribution in [-0.2, 0) is 7.05 Å². The third kappa shape index (κ3) is 3.10. The summed E-state index contributed by atoms with van der Waals surface area (Å²) in [4.78, 5) is 14.2. The molecule has 1 fully saturated rings. The van der Waals surface area contributed by atoms with Crippen molar-refractivity contribution in [1.29, 1.82) is 0 Å². The normalized spacial score (nSPS) is 15.6. The number of piperazine rings is 1. The standard InChI is InChI=1S/C19H25N7/c1-13-5-6-16(14(2)11-13)21-17-15-12-20-25(4)18(15)23-19(22-17)26-9-7-24(3)8-10-26/h5-6,11-12H,7-10H2,1-4H3,(H,21,22,23). The Morgan fingerprint density at radius 1 is 1.00 bits per heavy atom. The third-order valence-corrected chi connectivity index (χ3v) is 5.00. The van der Waals surface area contributed by atoms with Crippen molar-refractivity contribution in [1.82, 2.24) is 24.6 Å². The van der Waals surface area contributed by atoms with Crippen LogP contribution < -0.4 is 10.2 Å². The van der Waals surface area contributed by atoms with Gasteiger partial charge in [-0.2, -0.15) is 15.1 Å². The van der Waals surface area contributed by atoms with E-state index in [1.54, 1.807) is 0 Å². The Morgan fingerprint density at radius 3 is 2.50 bits per heavy atom. The minimum absolute atomic E-state index is 0.765. The number of nitrogens with one attached hydrogen (secondary N) is 1. The zero-order valence-electron chi connectivity index (χ0n) is 15.8. The first-order valence-electron chi connectivity index (χ1n) is 8.99. The molecule has 1 saturated heterocycles. The summed E-state index contributed by atoms with van der Waals surface area (Å²) in [6.07, 6.45) is 1.83. The van der Waals surface area contributed by atoms with Gasteiger partial charge in [0, 0.05) is 38.9 Å². The number of aryl methyl sites for hydroxylation is 3. The lowest BCUT2D eigenvalue weighted by molar-refractivity contribution is 0.311. The maximum atomic E-state index is 4.85. The van der Waals surface area contributed by atoms with E-state index in [1.807, 2.05) is 17.9 Å². The van der Waals surface area contributed by atoms with E-state index < -0.39 is 0 Å². The Balaban J connectivity index is 1.75. The van der Waals surface area contributed by atoms with E-state index in [9.17, 15) is 0 Å². The molecule has 136 valence electrons. The molecule has 0 spiro atoms. The molecule has 7 nitrogen and oxygen atoms in total. The number of rotatable bonds is 3. The summed E-state index contributed by atoms with van der Waals surface area (Å²) >= 11 is 0. The van der Waals surface area contributed by atoms with Gasteiger partial charge in [0.05, 0.1) is 11.6 Å². The van der Waals surface area contributed by atoms with Gasteiger partial charge >= 0.3 is 0 Å². The molecular weight excluding hydrogens is 326 g/mol. The fourth-order valence-electron chi connectivity index (χ4n) is 3.34. The van der Waals surface area contributed by atoms with Crippen LogP contribution in [0.15, 0.2) is 24.4 Å². The number of anilines is 3. The van der Waals surface area contributed by atoms with Crippen LogP contribution in [0.5, 0.6) is 0 Å². The second-order valence-electron chi connectivity index (χ2n) is 7.11. The average molecular weight is 351 g/mol. The van der Waals surface area contributed by atoms with E-state index in [1.165, 1.54) is 11.1 Å². The van der Waals surface area contributed by atoms with Crippen LogP contribution in [0.2, 0.25) is 0 Å². The van der Waals surface area contributed by atoms with Crippen molar-refractivity contribution in [2.24, 2.45) is 7.05 Å². The maximum absolute atomic E-state index is 4.85. The molecule has 3 aromatic rings. The lowest BCUT2D eigenvalue weighted by Crippen LogP contribution is -2.45. The Morgan fingerprint density at radius 2 is 1.77 bits per heavy atom. The summed E-state index contributed by atoms with van der Waals surface area (Å²) in [5.41, 5.74) is 4.35. The largest absolute Gasteiger partial charge is 0.339 e. The Labute approximate surface area is 153 Å². The quantitative estimate of drug-likeness (QED) is 0.782. The van der Waals surface area contributed by atoms with E-state index in [-0.39, 0.29) is 0 Å². The van der Waals surface area contributed by atoms with Gasteiger partial charge < -0.3 is 15.1 Å². The number of fused-ring (bicyclic) bond motifs is 1. The van der Waals surface area contributed by atoms with Crippen molar-refractivity contribution in [2.45, 2.75) is 13.8 Å². The first-order valence-corrected chi connectivity index (χ1v) is 8.99. The lowest BCUT2D eigenvalue weighted by Gasteiger charge is -2.32. The minimum Gasteiger partial charge on any atom is -0.339 e. The maximum Gasteiger partial charge on any atom is 0.229 e. The van der Waals surface area contributed by atoms with Crippen LogP contribution in [0, 0.1) is 13.8 Å². The molecule has 1 N–H and O–H groups in total. The topological polar surface area (TPSA) is 62.1 Å². The van der Waals surface area contributed by atoms with Crippen LogP contribution in [0.25, 0.3) is 11.0 Å². The summed E-state index contributed by atoms with van der Waals surface area (Å²) in [5, 5.41) is 8.82. The van der Waals surface area contributed by atoms with Crippen LogP contribution >= 0.6 is 0 Å². The highest BCUT2D eigenvalue weighted by molar-refractivity contribution is 5.89. The Kier molecular flexibility index (Phi) is 4.24. The molecule has 0 amide bonds. The number of hydrogen-bond donors (Lipinski definition) is 1. The van der Waals surface area contributed by atoms with E-state index >= 15 is 0 Å². The Bertz CT molecular complexity index is 938. The van der Waals surface area contributed by atoms with Crippen molar-refractivity contribution in [2.75, 3.05) is 43.4 Å². The molecule has 0 atom stereocenters. The SMILES string of the molecule is Cc1ccc(Nc2nc(N3CCN(C)CC3)nc3c2cnn3C)c(C)c1. The molecule has 1 aliphatic heterocycles. The van der Waals surface area contributed by atoms with Crippen LogP contribution in [-0.4, -0.2) is 57.9 Å². The van der Waals surface area contributed by atoms with Gasteiger partial charge in [0.1, 0.15) is 5.82 Å². The predicted molar refractivity (Wildman–Crippen MR) is 105 cm³/mol. The zero-order chi connectivity index (χ0) is 18.3. The highest BCUT2D eigenvalue weighted by atomic mass is 15.4. The monoisotopic (exact) mass is 351 g/mol. The Hall–Kier alpha value is -2.67. The molecule has 3 heterocycles. The molecule has 0 bridgehead atoms. The van der Waals surface area contributed by atoms with E-state index in [2.05, 4.69) is 59.3 Å². The number of benzene rings is 1. The van der Waals surface area contributed by atoms with Crippen molar-refractivity contribution < 1.29 is 0 Å². The first kappa shape index (κ1) is 16.8. The molecule has 26 heavy (non-hydrogen) atoms. The molecule has 1 aliphatic rings. The summed E-state index contributed by atoms with van der Waals surface area (Å²) in [7, 11) is 4.07. The highest BCUT2D eigenvalue weighted by Gasteiger charge is 2.20. The summed E-state index contributed by atoms with van der Waals surface area (Å²) in [6.45, 7) is 8.12. The second kappa shape index (κ2) is 6.57. The van der Waals surface area contributed by atoms with Gasteiger partial charge in [-0.1, -0.05) is 17.7 Å². The average Bonchev–Trinajstić information content (AvgIpc) is 2.99. The molecule has 1 aromatic carbocycles. The highest BCUT2D eigenvalue weighted by Crippen LogP contribution is 2.28. The predicted octanol–water partition coefficient (Wildman–Crippen LogP) is 2.48. The van der Waals surface area contributed by atoms with Crippen LogP contribution in [0.3, 0.4) is 0 Å². The smallest absolute Gasteiger partial charge is 0.229 e. The molecule has 2 aromatic heterocycles. The molecule has 0 saturated carbocycles. The number of nitrogens with zero attached hydrogens (tertiary/aromatic N) is 6. The van der Waals surface area contributed by atoms with Crippen LogP contribution in [0.1, 0.15) is 11.1 Å². The number of likely N-dealkylation sites (N-methyl/N-ethyl adjacent to an activating group) is 1. The zero-order valence-corrected chi connectivity index (χ0v) is 15.8. The molecular formula is C19H25N7. The van der Waals surface area contributed by atoms with Gasteiger partial charge in [0.2, 0.25) is 5.95 Å². The van der Waals surface area contributed by atoms with E-state index in [4.69, 9.17) is 9.97 Å². The molecule has 4 rings (SSSR count). The van der Waals surface area contributed by atoms with Crippen molar-refractivity contribution in [3.8, 4) is 0 Å². The van der Waals surface area contributed by atoms with E-state index in [0.29, 0.717) is 0 Å². The second-order valence-corrected chi connectivity index (χ2v) is 7.11. The van der Waals surface area contributed by atoms with Gasteiger partial charge in [-0.3, -0.25) is 4.68 Å². The van der Waals surface area contributed by atoms with Gasteiger partial charge in [-0.05, 0) is 32.5 Å². The first-order chi connectivity index (χ1) is 12.5. The summed E-state index contributed by atoms with van der Waals surface area (Å²) in [6, 6.07) is 6.38. The number of hydrogen-bond acceptors (Lipinski definition) is 6. The van der Waals surface area contributed by atoms with E-state index in [0.717, 1.165) is 54.7 Å². The lowest BCUT2D eigenvalue weighted by atomic mass is 10.1. The minimum atomic E-state index is 0.765.